The first-order chi connectivity index (χ1) is 4.16. The van der Waals surface area contributed by atoms with Gasteiger partial charge in [-0.05, 0) is 32.6 Å². The first kappa shape index (κ1) is 8.74. The van der Waals surface area contributed by atoms with Crippen molar-refractivity contribution in [3.05, 3.63) is 11.6 Å². The van der Waals surface area contributed by atoms with Crippen molar-refractivity contribution in [3.8, 4) is 0 Å². The monoisotopic (exact) mass is 126 g/mol. The minimum Gasteiger partial charge on any atom is -0.0887 e. The van der Waals surface area contributed by atoms with Crippen LogP contribution in [0, 0.1) is 5.92 Å². The smallest absolute Gasteiger partial charge is 0.0321 e. The molecule has 54 valence electrons. The Morgan fingerprint density at radius 1 is 1.44 bits per heavy atom. The highest BCUT2D eigenvalue weighted by Gasteiger charge is 1.92. The summed E-state index contributed by atoms with van der Waals surface area (Å²) in [5.74, 6) is 0.847. The van der Waals surface area contributed by atoms with Crippen molar-refractivity contribution in [3.63, 3.8) is 0 Å². The molecule has 0 unspecified atom stereocenters. The predicted molar refractivity (Wildman–Crippen MR) is 43.5 cm³/mol. The van der Waals surface area contributed by atoms with Crippen LogP contribution in [0.15, 0.2) is 11.6 Å². The van der Waals surface area contributed by atoms with Gasteiger partial charge < -0.3 is 0 Å². The van der Waals surface area contributed by atoms with Crippen LogP contribution in [0.25, 0.3) is 0 Å². The first-order valence-electron chi connectivity index (χ1n) is 3.78. The average molecular weight is 126 g/mol. The molecule has 0 nitrogen and oxygen atoms in total. The van der Waals surface area contributed by atoms with Crippen molar-refractivity contribution >= 4 is 0 Å². The maximum Gasteiger partial charge on any atom is -0.0321 e. The van der Waals surface area contributed by atoms with Gasteiger partial charge in [-0.3, -0.25) is 0 Å². The molecular weight excluding hydrogens is 108 g/mol. The molecule has 0 N–H and O–H groups in total. The van der Waals surface area contributed by atoms with E-state index < -0.39 is 0 Å². The van der Waals surface area contributed by atoms with E-state index in [4.69, 9.17) is 0 Å². The number of rotatable bonds is 3. The Kier molecular flexibility index (Phi) is 4.47. The van der Waals surface area contributed by atoms with Crippen molar-refractivity contribution in [1.29, 1.82) is 0 Å². The molecule has 0 fully saturated rings. The fraction of sp³-hybridized carbons (Fsp3) is 0.778. The van der Waals surface area contributed by atoms with E-state index in [1.165, 1.54) is 18.4 Å². The molecule has 0 saturated carbocycles. The zero-order chi connectivity index (χ0) is 7.28. The molecule has 0 rings (SSSR count). The lowest BCUT2D eigenvalue weighted by Gasteiger charge is -2.02. The largest absolute Gasteiger partial charge is 0.0887 e. The summed E-state index contributed by atoms with van der Waals surface area (Å²) in [6.45, 7) is 8.84. The van der Waals surface area contributed by atoms with E-state index in [0.29, 0.717) is 0 Å². The molecule has 0 atom stereocenters. The third kappa shape index (κ3) is 5.61. The maximum absolute atomic E-state index is 2.27. The summed E-state index contributed by atoms with van der Waals surface area (Å²) in [6, 6.07) is 0. The van der Waals surface area contributed by atoms with Crippen LogP contribution in [-0.4, -0.2) is 0 Å². The normalized spacial score (nSPS) is 12.8. The van der Waals surface area contributed by atoms with Gasteiger partial charge in [0.2, 0.25) is 0 Å². The second-order valence-corrected chi connectivity index (χ2v) is 3.07. The van der Waals surface area contributed by atoms with Crippen LogP contribution >= 0.6 is 0 Å². The molecule has 9 heavy (non-hydrogen) atoms. The molecule has 0 saturated heterocycles. The van der Waals surface area contributed by atoms with Crippen LogP contribution in [0.5, 0.6) is 0 Å². The summed E-state index contributed by atoms with van der Waals surface area (Å²) in [4.78, 5) is 0. The zero-order valence-corrected chi connectivity index (χ0v) is 7.07. The molecular formula is C9H18. The fourth-order valence-corrected chi connectivity index (χ4v) is 0.661. The molecule has 0 aromatic carbocycles. The van der Waals surface area contributed by atoms with E-state index in [1.807, 2.05) is 0 Å². The predicted octanol–water partition coefficient (Wildman–Crippen LogP) is 3.39. The van der Waals surface area contributed by atoms with E-state index in [2.05, 4.69) is 33.8 Å². The number of hydrogen-bond donors (Lipinski definition) is 0. The van der Waals surface area contributed by atoms with Crippen LogP contribution < -0.4 is 0 Å². The van der Waals surface area contributed by atoms with Gasteiger partial charge in [-0.2, -0.15) is 0 Å². The lowest BCUT2D eigenvalue weighted by molar-refractivity contribution is 0.584. The first-order valence-corrected chi connectivity index (χ1v) is 3.78. The lowest BCUT2D eigenvalue weighted by atomic mass is 10.0. The maximum atomic E-state index is 2.27. The summed E-state index contributed by atoms with van der Waals surface area (Å²) in [6.07, 6.45) is 4.80. The highest BCUT2D eigenvalue weighted by atomic mass is 14.0. The molecule has 0 aromatic rings. The lowest BCUT2D eigenvalue weighted by Crippen LogP contribution is -1.86. The Labute approximate surface area is 59.0 Å². The standard InChI is InChI=1S/C9H18/c1-5-9(4)7-6-8(2)3/h5,8H,6-7H2,1-4H3/b9-5-. The van der Waals surface area contributed by atoms with Crippen molar-refractivity contribution in [1.82, 2.24) is 0 Å². The van der Waals surface area contributed by atoms with E-state index in [9.17, 15) is 0 Å². The summed E-state index contributed by atoms with van der Waals surface area (Å²) in [7, 11) is 0. The van der Waals surface area contributed by atoms with Crippen LogP contribution in [0.2, 0.25) is 0 Å². The fourth-order valence-electron chi connectivity index (χ4n) is 0.661. The number of allylic oxidation sites excluding steroid dienone is 2. The number of hydrogen-bond acceptors (Lipinski definition) is 0. The van der Waals surface area contributed by atoms with Gasteiger partial charge in [-0.1, -0.05) is 25.5 Å². The Balaban J connectivity index is 3.28. The Hall–Kier alpha value is -0.260. The second kappa shape index (κ2) is 4.60. The van der Waals surface area contributed by atoms with E-state index >= 15 is 0 Å². The summed E-state index contributed by atoms with van der Waals surface area (Å²) < 4.78 is 0. The van der Waals surface area contributed by atoms with Gasteiger partial charge in [0.05, 0.1) is 0 Å². The van der Waals surface area contributed by atoms with Gasteiger partial charge >= 0.3 is 0 Å². The van der Waals surface area contributed by atoms with Crippen molar-refractivity contribution in [2.75, 3.05) is 0 Å². The Morgan fingerprint density at radius 2 is 2.00 bits per heavy atom. The molecule has 0 aliphatic rings. The quantitative estimate of drug-likeness (QED) is 0.508. The minimum absolute atomic E-state index is 0.847. The van der Waals surface area contributed by atoms with Gasteiger partial charge in [-0.25, -0.2) is 0 Å². The minimum atomic E-state index is 0.847. The highest BCUT2D eigenvalue weighted by Crippen LogP contribution is 2.09. The van der Waals surface area contributed by atoms with Crippen molar-refractivity contribution in [2.24, 2.45) is 5.92 Å². The van der Waals surface area contributed by atoms with E-state index in [1.54, 1.807) is 0 Å². The van der Waals surface area contributed by atoms with E-state index in [0.717, 1.165) is 5.92 Å². The molecule has 0 aliphatic heterocycles. The van der Waals surface area contributed by atoms with Crippen LogP contribution in [0.1, 0.15) is 40.5 Å². The summed E-state index contributed by atoms with van der Waals surface area (Å²) in [5.41, 5.74) is 1.52. The van der Waals surface area contributed by atoms with Crippen LogP contribution in [0.4, 0.5) is 0 Å². The SMILES string of the molecule is C/C=C(/C)CCC(C)C. The summed E-state index contributed by atoms with van der Waals surface area (Å²) >= 11 is 0. The van der Waals surface area contributed by atoms with Gasteiger partial charge in [0, 0.05) is 0 Å². The van der Waals surface area contributed by atoms with Crippen molar-refractivity contribution in [2.45, 2.75) is 40.5 Å². The van der Waals surface area contributed by atoms with Crippen molar-refractivity contribution < 1.29 is 0 Å². The average Bonchev–Trinajstić information content (AvgIpc) is 1.83. The second-order valence-electron chi connectivity index (χ2n) is 3.07. The van der Waals surface area contributed by atoms with Gasteiger partial charge in [0.15, 0.2) is 0 Å². The van der Waals surface area contributed by atoms with Crippen LogP contribution in [-0.2, 0) is 0 Å². The third-order valence-corrected chi connectivity index (χ3v) is 1.61. The van der Waals surface area contributed by atoms with Gasteiger partial charge in [0.1, 0.15) is 0 Å². The third-order valence-electron chi connectivity index (χ3n) is 1.61. The Morgan fingerprint density at radius 3 is 2.33 bits per heavy atom. The zero-order valence-electron chi connectivity index (χ0n) is 7.07. The highest BCUT2D eigenvalue weighted by molar-refractivity contribution is 4.94. The van der Waals surface area contributed by atoms with Crippen LogP contribution in [0.3, 0.4) is 0 Å². The molecule has 0 bridgehead atoms. The van der Waals surface area contributed by atoms with Gasteiger partial charge in [-0.15, -0.1) is 0 Å². The summed E-state index contributed by atoms with van der Waals surface area (Å²) in [5, 5.41) is 0. The molecule has 0 heterocycles. The van der Waals surface area contributed by atoms with Gasteiger partial charge in [0.25, 0.3) is 0 Å². The molecule has 0 amide bonds. The molecule has 0 aromatic heterocycles. The Bertz CT molecular complexity index is 88.2. The molecule has 0 heteroatoms. The molecule has 0 spiro atoms. The van der Waals surface area contributed by atoms with E-state index in [-0.39, 0.29) is 0 Å². The topological polar surface area (TPSA) is 0 Å². The molecule has 0 radical (unpaired) electrons. The molecule has 0 aliphatic carbocycles.